The van der Waals surface area contributed by atoms with Crippen molar-refractivity contribution in [1.29, 1.82) is 0 Å². The van der Waals surface area contributed by atoms with Gasteiger partial charge in [-0.1, -0.05) is 42.7 Å². The molecule has 3 rings (SSSR count). The summed E-state index contributed by atoms with van der Waals surface area (Å²) in [6.45, 7) is 5.63. The Morgan fingerprint density at radius 1 is 1.42 bits per heavy atom. The van der Waals surface area contributed by atoms with Crippen molar-refractivity contribution < 1.29 is 9.32 Å². The van der Waals surface area contributed by atoms with Gasteiger partial charge in [0, 0.05) is 36.0 Å². The smallest absolute Gasteiger partial charge is 0.228 e. The van der Waals surface area contributed by atoms with E-state index in [0.29, 0.717) is 35.6 Å². The van der Waals surface area contributed by atoms with Crippen LogP contribution in [0.25, 0.3) is 11.4 Å². The number of hydrogen-bond donors (Lipinski definition) is 0. The second-order valence-corrected chi connectivity index (χ2v) is 7.16. The highest BCUT2D eigenvalue weighted by Crippen LogP contribution is 2.31. The molecular formula is C18H22ClN3O2. The van der Waals surface area contributed by atoms with Gasteiger partial charge in [-0.2, -0.15) is 4.98 Å². The summed E-state index contributed by atoms with van der Waals surface area (Å²) in [5.41, 5.74) is 0.825. The minimum atomic E-state index is 0.230. The van der Waals surface area contributed by atoms with Gasteiger partial charge < -0.3 is 9.42 Å². The Kier molecular flexibility index (Phi) is 5.19. The monoisotopic (exact) mass is 347 g/mol. The Labute approximate surface area is 147 Å². The molecule has 0 saturated heterocycles. The van der Waals surface area contributed by atoms with Gasteiger partial charge in [0.15, 0.2) is 0 Å². The summed E-state index contributed by atoms with van der Waals surface area (Å²) in [5, 5.41) is 4.65. The maximum atomic E-state index is 12.4. The van der Waals surface area contributed by atoms with E-state index in [4.69, 9.17) is 16.1 Å². The summed E-state index contributed by atoms with van der Waals surface area (Å²) < 4.78 is 5.33. The van der Waals surface area contributed by atoms with Gasteiger partial charge in [-0.3, -0.25) is 4.79 Å². The van der Waals surface area contributed by atoms with Gasteiger partial charge in [0.1, 0.15) is 0 Å². The minimum Gasteiger partial charge on any atom is -0.342 e. The normalized spacial score (nSPS) is 14.2. The fraction of sp³-hybridized carbons (Fsp3) is 0.500. The van der Waals surface area contributed by atoms with Gasteiger partial charge in [-0.25, -0.2) is 0 Å². The number of nitrogens with zero attached hydrogens (tertiary/aromatic N) is 3. The van der Waals surface area contributed by atoms with Crippen molar-refractivity contribution in [1.82, 2.24) is 15.0 Å². The molecule has 0 unspecified atom stereocenters. The molecule has 128 valence electrons. The summed E-state index contributed by atoms with van der Waals surface area (Å²) in [7, 11) is 0. The van der Waals surface area contributed by atoms with E-state index in [0.717, 1.165) is 24.9 Å². The van der Waals surface area contributed by atoms with Crippen molar-refractivity contribution in [2.24, 2.45) is 11.8 Å². The zero-order chi connectivity index (χ0) is 17.1. The first kappa shape index (κ1) is 17.0. The lowest BCUT2D eigenvalue weighted by molar-refractivity contribution is -0.133. The van der Waals surface area contributed by atoms with Crippen LogP contribution in [-0.4, -0.2) is 34.0 Å². The first-order valence-corrected chi connectivity index (χ1v) is 8.78. The van der Waals surface area contributed by atoms with Gasteiger partial charge in [0.05, 0.1) is 0 Å². The van der Waals surface area contributed by atoms with Crippen LogP contribution in [0.3, 0.4) is 0 Å². The Balaban J connectivity index is 1.63. The zero-order valence-corrected chi connectivity index (χ0v) is 14.8. The molecule has 1 aromatic carbocycles. The third-order valence-electron chi connectivity index (χ3n) is 3.97. The van der Waals surface area contributed by atoms with E-state index in [1.165, 1.54) is 0 Å². The molecule has 1 fully saturated rings. The van der Waals surface area contributed by atoms with Crippen molar-refractivity contribution in [3.8, 4) is 11.4 Å². The number of halogens is 1. The molecule has 1 aliphatic carbocycles. The van der Waals surface area contributed by atoms with Crippen LogP contribution in [-0.2, 0) is 11.2 Å². The lowest BCUT2D eigenvalue weighted by Gasteiger charge is -2.24. The fourth-order valence-corrected chi connectivity index (χ4v) is 2.84. The van der Waals surface area contributed by atoms with Crippen molar-refractivity contribution in [2.45, 2.75) is 33.1 Å². The predicted octanol–water partition coefficient (Wildman–Crippen LogP) is 3.83. The topological polar surface area (TPSA) is 59.2 Å². The van der Waals surface area contributed by atoms with Crippen molar-refractivity contribution in [3.63, 3.8) is 0 Å². The minimum absolute atomic E-state index is 0.230. The van der Waals surface area contributed by atoms with Crippen LogP contribution < -0.4 is 0 Å². The molecule has 1 aliphatic rings. The molecule has 24 heavy (non-hydrogen) atoms. The SMILES string of the molecule is CC(C)CN(CCc1nc(-c2cccc(Cl)c2)no1)C(=O)C1CC1. The largest absolute Gasteiger partial charge is 0.342 e. The number of benzene rings is 1. The molecule has 1 aromatic heterocycles. The number of carbonyl (C=O) groups is 1. The maximum absolute atomic E-state index is 12.4. The van der Waals surface area contributed by atoms with E-state index in [9.17, 15) is 4.79 Å². The third kappa shape index (κ3) is 4.35. The molecule has 1 amide bonds. The summed E-state index contributed by atoms with van der Waals surface area (Å²) in [6, 6.07) is 7.35. The van der Waals surface area contributed by atoms with Crippen LogP contribution in [0.5, 0.6) is 0 Å². The van der Waals surface area contributed by atoms with E-state index in [-0.39, 0.29) is 11.8 Å². The standard InChI is InChI=1S/C18H22ClN3O2/c1-12(2)11-22(18(23)13-6-7-13)9-8-16-20-17(21-24-16)14-4-3-5-15(19)10-14/h3-5,10,12-13H,6-9,11H2,1-2H3. The highest BCUT2D eigenvalue weighted by Gasteiger charge is 2.33. The molecule has 0 radical (unpaired) electrons. The van der Waals surface area contributed by atoms with Gasteiger partial charge in [0.2, 0.25) is 17.6 Å². The maximum Gasteiger partial charge on any atom is 0.228 e. The van der Waals surface area contributed by atoms with Crippen LogP contribution in [0, 0.1) is 11.8 Å². The third-order valence-corrected chi connectivity index (χ3v) is 4.21. The first-order chi connectivity index (χ1) is 11.5. The van der Waals surface area contributed by atoms with E-state index < -0.39 is 0 Å². The molecule has 0 aliphatic heterocycles. The number of aromatic nitrogens is 2. The van der Waals surface area contributed by atoms with Crippen LogP contribution in [0.2, 0.25) is 5.02 Å². The highest BCUT2D eigenvalue weighted by atomic mass is 35.5. The summed E-state index contributed by atoms with van der Waals surface area (Å²) in [4.78, 5) is 18.7. The molecular weight excluding hydrogens is 326 g/mol. The molecule has 6 heteroatoms. The number of hydrogen-bond acceptors (Lipinski definition) is 4. The lowest BCUT2D eigenvalue weighted by Crippen LogP contribution is -2.36. The van der Waals surface area contributed by atoms with Gasteiger partial charge in [-0.15, -0.1) is 0 Å². The first-order valence-electron chi connectivity index (χ1n) is 8.40. The quantitative estimate of drug-likeness (QED) is 0.763. The molecule has 0 atom stereocenters. The van der Waals surface area contributed by atoms with Gasteiger partial charge in [-0.05, 0) is 30.9 Å². The molecule has 0 spiro atoms. The average molecular weight is 348 g/mol. The molecule has 1 saturated carbocycles. The Hall–Kier alpha value is -1.88. The van der Waals surface area contributed by atoms with Crippen molar-refractivity contribution in [3.05, 3.63) is 35.2 Å². The second-order valence-electron chi connectivity index (χ2n) is 6.72. The predicted molar refractivity (Wildman–Crippen MR) is 92.6 cm³/mol. The van der Waals surface area contributed by atoms with E-state index in [2.05, 4.69) is 24.0 Å². The van der Waals surface area contributed by atoms with Crippen molar-refractivity contribution >= 4 is 17.5 Å². The molecule has 0 bridgehead atoms. The number of rotatable bonds is 7. The van der Waals surface area contributed by atoms with Gasteiger partial charge >= 0.3 is 0 Å². The van der Waals surface area contributed by atoms with Crippen molar-refractivity contribution in [2.75, 3.05) is 13.1 Å². The Bertz CT molecular complexity index is 710. The van der Waals surface area contributed by atoms with E-state index in [1.54, 1.807) is 12.1 Å². The summed E-state index contributed by atoms with van der Waals surface area (Å²) in [6.07, 6.45) is 2.61. The lowest BCUT2D eigenvalue weighted by atomic mass is 10.2. The van der Waals surface area contributed by atoms with Crippen LogP contribution in [0.1, 0.15) is 32.6 Å². The van der Waals surface area contributed by atoms with Crippen LogP contribution >= 0.6 is 11.6 Å². The Morgan fingerprint density at radius 3 is 2.88 bits per heavy atom. The summed E-state index contributed by atoms with van der Waals surface area (Å²) >= 11 is 5.99. The molecule has 2 aromatic rings. The highest BCUT2D eigenvalue weighted by molar-refractivity contribution is 6.30. The van der Waals surface area contributed by atoms with Crippen LogP contribution in [0.15, 0.2) is 28.8 Å². The zero-order valence-electron chi connectivity index (χ0n) is 14.0. The van der Waals surface area contributed by atoms with E-state index in [1.807, 2.05) is 17.0 Å². The second kappa shape index (κ2) is 7.34. The number of carbonyl (C=O) groups excluding carboxylic acids is 1. The molecule has 0 N–H and O–H groups in total. The van der Waals surface area contributed by atoms with Crippen LogP contribution in [0.4, 0.5) is 0 Å². The Morgan fingerprint density at radius 2 is 2.21 bits per heavy atom. The van der Waals surface area contributed by atoms with E-state index >= 15 is 0 Å². The molecule has 5 nitrogen and oxygen atoms in total. The average Bonchev–Trinajstić information content (AvgIpc) is 3.29. The van der Waals surface area contributed by atoms with Gasteiger partial charge in [0.25, 0.3) is 0 Å². The fourth-order valence-electron chi connectivity index (χ4n) is 2.65. The summed E-state index contributed by atoms with van der Waals surface area (Å²) in [5.74, 6) is 2.00. The number of amides is 1. The molecule has 1 heterocycles.